The molecular formula is C28H40BrN3. The topological polar surface area (TPSA) is 21.7 Å². The van der Waals surface area contributed by atoms with E-state index in [1.54, 1.807) is 0 Å². The van der Waals surface area contributed by atoms with Gasteiger partial charge in [-0.05, 0) is 31.0 Å². The number of hydrogen-bond acceptors (Lipinski definition) is 1. The van der Waals surface area contributed by atoms with Gasteiger partial charge in [0.25, 0.3) is 0 Å². The number of unbranched alkanes of at least 4 members (excludes halogenated alkanes) is 9. The van der Waals surface area contributed by atoms with Gasteiger partial charge in [-0.2, -0.15) is 0 Å². The van der Waals surface area contributed by atoms with Crippen LogP contribution in [-0.2, 0) is 13.0 Å². The van der Waals surface area contributed by atoms with Gasteiger partial charge >= 0.3 is 0 Å². The largest absolute Gasteiger partial charge is 1.00 e. The lowest BCUT2D eigenvalue weighted by atomic mass is 10.1. The Kier molecular flexibility index (Phi) is 12.3. The van der Waals surface area contributed by atoms with Crippen LogP contribution in [-0.4, -0.2) is 9.90 Å². The number of aromatic nitrogens is 3. The number of nitrogens with zero attached hydrogens (tertiary/aromatic N) is 3. The molecule has 0 bridgehead atoms. The predicted molar refractivity (Wildman–Crippen MR) is 130 cm³/mol. The van der Waals surface area contributed by atoms with E-state index in [9.17, 15) is 0 Å². The first-order chi connectivity index (χ1) is 15.3. The fourth-order valence-electron chi connectivity index (χ4n) is 4.11. The van der Waals surface area contributed by atoms with E-state index >= 15 is 0 Å². The zero-order valence-corrected chi connectivity index (χ0v) is 21.6. The van der Waals surface area contributed by atoms with Gasteiger partial charge in [-0.1, -0.05) is 113 Å². The Bertz CT molecular complexity index is 871. The summed E-state index contributed by atoms with van der Waals surface area (Å²) in [5.41, 5.74) is 5.02. The third kappa shape index (κ3) is 8.90. The fraction of sp³-hybridized carbons (Fsp3) is 0.500. The Balaban J connectivity index is 0.00000363. The second-order valence-electron chi connectivity index (χ2n) is 8.87. The van der Waals surface area contributed by atoms with Crippen LogP contribution < -0.4 is 21.7 Å². The van der Waals surface area contributed by atoms with Gasteiger partial charge in [-0.25, -0.2) is 0 Å². The van der Waals surface area contributed by atoms with Crippen LogP contribution in [0.5, 0.6) is 0 Å². The summed E-state index contributed by atoms with van der Waals surface area (Å²) in [6.07, 6.45) is 17.0. The minimum absolute atomic E-state index is 0. The Morgan fingerprint density at radius 1 is 0.750 bits per heavy atom. The number of hydrogen-bond donors (Lipinski definition) is 0. The van der Waals surface area contributed by atoms with Gasteiger partial charge in [-0.15, -0.1) is 9.36 Å². The second-order valence-corrected chi connectivity index (χ2v) is 8.87. The SMILES string of the molecule is CCCCCCCCCCCCc1c[n+](-c2ccc(C)cc2)nn1Cc1ccccc1.[Br-]. The Morgan fingerprint density at radius 2 is 1.34 bits per heavy atom. The molecule has 0 saturated carbocycles. The smallest absolute Gasteiger partial charge is 0.168 e. The van der Waals surface area contributed by atoms with Crippen LogP contribution in [0.4, 0.5) is 0 Å². The van der Waals surface area contributed by atoms with Crippen molar-refractivity contribution in [2.45, 2.75) is 91.0 Å². The van der Waals surface area contributed by atoms with Crippen molar-refractivity contribution in [2.75, 3.05) is 0 Å². The summed E-state index contributed by atoms with van der Waals surface area (Å²) in [5.74, 6) is 0. The van der Waals surface area contributed by atoms with Crippen LogP contribution in [0.1, 0.15) is 88.0 Å². The third-order valence-electron chi connectivity index (χ3n) is 6.07. The van der Waals surface area contributed by atoms with Crippen molar-refractivity contribution < 1.29 is 21.7 Å². The molecule has 1 heterocycles. The Labute approximate surface area is 205 Å². The maximum Gasteiger partial charge on any atom is 0.168 e. The molecule has 3 aromatic rings. The van der Waals surface area contributed by atoms with E-state index in [0.717, 1.165) is 18.7 Å². The first kappa shape index (κ1) is 26.3. The number of halogens is 1. The minimum Gasteiger partial charge on any atom is -1.00 e. The minimum atomic E-state index is 0. The molecule has 0 aliphatic heterocycles. The third-order valence-corrected chi connectivity index (χ3v) is 6.07. The summed E-state index contributed by atoms with van der Waals surface area (Å²) in [5, 5.41) is 4.90. The quantitative estimate of drug-likeness (QED) is 0.243. The van der Waals surface area contributed by atoms with Gasteiger partial charge < -0.3 is 17.0 Å². The van der Waals surface area contributed by atoms with Gasteiger partial charge in [0.15, 0.2) is 17.6 Å². The molecule has 0 fully saturated rings. The maximum absolute atomic E-state index is 4.90. The fourth-order valence-corrected chi connectivity index (χ4v) is 4.11. The molecule has 0 aliphatic carbocycles. The molecule has 0 N–H and O–H groups in total. The number of aryl methyl sites for hydroxylation is 2. The Morgan fingerprint density at radius 3 is 1.97 bits per heavy atom. The normalized spacial score (nSPS) is 10.8. The first-order valence-corrected chi connectivity index (χ1v) is 12.4. The summed E-state index contributed by atoms with van der Waals surface area (Å²) in [4.78, 5) is 0. The van der Waals surface area contributed by atoms with Crippen LogP contribution in [0.3, 0.4) is 0 Å². The molecule has 32 heavy (non-hydrogen) atoms. The van der Waals surface area contributed by atoms with E-state index in [2.05, 4.69) is 79.3 Å². The van der Waals surface area contributed by atoms with Crippen molar-refractivity contribution in [2.24, 2.45) is 0 Å². The average molecular weight is 499 g/mol. The molecule has 2 aromatic carbocycles. The van der Waals surface area contributed by atoms with Crippen molar-refractivity contribution in [3.05, 3.63) is 77.6 Å². The van der Waals surface area contributed by atoms with Crippen molar-refractivity contribution >= 4 is 0 Å². The lowest BCUT2D eigenvalue weighted by Crippen LogP contribution is -3.00. The highest BCUT2D eigenvalue weighted by molar-refractivity contribution is 5.26. The summed E-state index contributed by atoms with van der Waals surface area (Å²) < 4.78 is 4.22. The van der Waals surface area contributed by atoms with E-state index in [1.807, 2.05) is 4.68 Å². The molecule has 0 spiro atoms. The van der Waals surface area contributed by atoms with E-state index < -0.39 is 0 Å². The van der Waals surface area contributed by atoms with Crippen molar-refractivity contribution in [3.63, 3.8) is 0 Å². The Hall–Kier alpha value is -1.94. The molecule has 0 aliphatic rings. The van der Waals surface area contributed by atoms with E-state index in [1.165, 1.54) is 81.0 Å². The summed E-state index contributed by atoms with van der Waals surface area (Å²) in [7, 11) is 0. The standard InChI is InChI=1S/C28H40N3.BrH/c1-3-4-5-6-7-8-9-10-11-15-18-28-24-31(27-21-19-25(2)20-22-27)29-30(28)23-26-16-13-12-14-17-26;/h12-14,16-17,19-22,24H,3-11,15,18,23H2,1-2H3;1H/q+1;/p-1. The lowest BCUT2D eigenvalue weighted by molar-refractivity contribution is -0.661. The molecule has 1 aromatic heterocycles. The molecule has 0 radical (unpaired) electrons. The predicted octanol–water partition coefficient (Wildman–Crippen LogP) is 3.98. The van der Waals surface area contributed by atoms with Gasteiger partial charge in [-0.3, -0.25) is 0 Å². The first-order valence-electron chi connectivity index (χ1n) is 12.4. The highest BCUT2D eigenvalue weighted by atomic mass is 79.9. The molecule has 0 saturated heterocycles. The molecule has 3 nitrogen and oxygen atoms in total. The maximum atomic E-state index is 4.90. The van der Waals surface area contributed by atoms with Gasteiger partial charge in [0.05, 0.1) is 5.21 Å². The zero-order valence-electron chi connectivity index (χ0n) is 20.0. The summed E-state index contributed by atoms with van der Waals surface area (Å²) >= 11 is 0. The molecule has 0 amide bonds. The monoisotopic (exact) mass is 497 g/mol. The number of rotatable bonds is 14. The van der Waals surface area contributed by atoms with Gasteiger partial charge in [0.1, 0.15) is 6.54 Å². The van der Waals surface area contributed by atoms with Crippen LogP contribution in [0.2, 0.25) is 0 Å². The molecular weight excluding hydrogens is 458 g/mol. The second kappa shape index (κ2) is 15.0. The lowest BCUT2D eigenvalue weighted by Gasteiger charge is -2.02. The highest BCUT2D eigenvalue weighted by Gasteiger charge is 2.17. The van der Waals surface area contributed by atoms with Crippen LogP contribution in [0.15, 0.2) is 60.8 Å². The van der Waals surface area contributed by atoms with Crippen molar-refractivity contribution in [1.29, 1.82) is 0 Å². The molecule has 3 rings (SSSR count). The molecule has 174 valence electrons. The van der Waals surface area contributed by atoms with Gasteiger partial charge in [0.2, 0.25) is 0 Å². The molecule has 0 atom stereocenters. The van der Waals surface area contributed by atoms with E-state index in [0.29, 0.717) is 0 Å². The molecule has 0 unspecified atom stereocenters. The zero-order chi connectivity index (χ0) is 21.7. The van der Waals surface area contributed by atoms with Crippen molar-refractivity contribution in [3.8, 4) is 5.69 Å². The van der Waals surface area contributed by atoms with Crippen molar-refractivity contribution in [1.82, 2.24) is 9.90 Å². The number of benzene rings is 2. The average Bonchev–Trinajstić information content (AvgIpc) is 3.18. The highest BCUT2D eigenvalue weighted by Crippen LogP contribution is 2.13. The molecule has 4 heteroatoms. The van der Waals surface area contributed by atoms with Gasteiger partial charge in [0, 0.05) is 6.42 Å². The summed E-state index contributed by atoms with van der Waals surface area (Å²) in [6, 6.07) is 19.3. The van der Waals surface area contributed by atoms with Crippen LogP contribution in [0, 0.1) is 6.92 Å². The van der Waals surface area contributed by atoms with E-state index in [4.69, 9.17) is 5.21 Å². The van der Waals surface area contributed by atoms with E-state index in [-0.39, 0.29) is 17.0 Å². The van der Waals surface area contributed by atoms with Crippen LogP contribution in [0.25, 0.3) is 5.69 Å². The van der Waals surface area contributed by atoms with Crippen LogP contribution >= 0.6 is 0 Å². The summed E-state index contributed by atoms with van der Waals surface area (Å²) in [6.45, 7) is 5.24.